The van der Waals surface area contributed by atoms with Crippen molar-refractivity contribution in [1.82, 2.24) is 0 Å². The van der Waals surface area contributed by atoms with Crippen LogP contribution in [0.25, 0.3) is 0 Å². The lowest BCUT2D eigenvalue weighted by Crippen LogP contribution is -2.30. The average Bonchev–Trinajstić information content (AvgIpc) is 2.01. The molecule has 3 heteroatoms. The average molecular weight is 193 g/mol. The Morgan fingerprint density at radius 2 is 1.79 bits per heavy atom. The Kier molecular flexibility index (Phi) is 3.25. The van der Waals surface area contributed by atoms with Gasteiger partial charge >= 0.3 is 5.97 Å². The maximum atomic E-state index is 11.2. The summed E-state index contributed by atoms with van der Waals surface area (Å²) in [5.74, 6) is 0.153. The van der Waals surface area contributed by atoms with E-state index < -0.39 is 12.0 Å². The lowest BCUT2D eigenvalue weighted by molar-refractivity contribution is -0.135. The smallest absolute Gasteiger partial charge is 0.328 e. The molecule has 0 spiro atoms. The van der Waals surface area contributed by atoms with E-state index in [9.17, 15) is 4.79 Å². The third-order valence-electron chi connectivity index (χ3n) is 1.79. The highest BCUT2D eigenvalue weighted by Gasteiger charge is 2.10. The van der Waals surface area contributed by atoms with Crippen molar-refractivity contribution in [2.24, 2.45) is 5.73 Å². The molecule has 76 valence electrons. The summed E-state index contributed by atoms with van der Waals surface area (Å²) >= 11 is 0. The molecule has 1 rings (SSSR count). The van der Waals surface area contributed by atoms with Gasteiger partial charge in [0.2, 0.25) is 0 Å². The minimum absolute atomic E-state index is 0.407. The topological polar surface area (TPSA) is 52.3 Å². The summed E-state index contributed by atoms with van der Waals surface area (Å²) in [6.45, 7) is 5.51. The van der Waals surface area contributed by atoms with Gasteiger partial charge in [-0.15, -0.1) is 0 Å². The molecule has 2 N–H and O–H groups in total. The van der Waals surface area contributed by atoms with Gasteiger partial charge in [-0.3, -0.25) is 0 Å². The molecule has 0 radical (unpaired) electrons. The van der Waals surface area contributed by atoms with Crippen LogP contribution in [-0.4, -0.2) is 12.0 Å². The molecule has 1 aromatic rings. The van der Waals surface area contributed by atoms with Gasteiger partial charge in [0.15, 0.2) is 0 Å². The molecule has 0 bridgehead atoms. The van der Waals surface area contributed by atoms with Crippen LogP contribution in [0.15, 0.2) is 18.2 Å². The second-order valence-electron chi connectivity index (χ2n) is 3.53. The highest BCUT2D eigenvalue weighted by atomic mass is 16.5. The number of carbonyl (C=O) groups is 1. The molecular weight excluding hydrogens is 178 g/mol. The third-order valence-corrected chi connectivity index (χ3v) is 1.79. The predicted molar refractivity (Wildman–Crippen MR) is 55.2 cm³/mol. The summed E-state index contributed by atoms with van der Waals surface area (Å²) in [5, 5.41) is 0. The van der Waals surface area contributed by atoms with Crippen LogP contribution in [-0.2, 0) is 4.79 Å². The van der Waals surface area contributed by atoms with Crippen LogP contribution >= 0.6 is 0 Å². The molecule has 1 aromatic carbocycles. The standard InChI is InChI=1S/C11H15NO2/c1-7-4-8(2)6-10(5-7)14-11(13)9(3)12/h4-6,9H,12H2,1-3H3/t9-/m0/s1. The number of hydrogen-bond donors (Lipinski definition) is 1. The Balaban J connectivity index is 2.82. The van der Waals surface area contributed by atoms with Gasteiger partial charge in [0.25, 0.3) is 0 Å². The van der Waals surface area contributed by atoms with Gasteiger partial charge in [0, 0.05) is 0 Å². The van der Waals surface area contributed by atoms with Crippen LogP contribution in [0, 0.1) is 13.8 Å². The third kappa shape index (κ3) is 2.85. The monoisotopic (exact) mass is 193 g/mol. The number of esters is 1. The lowest BCUT2D eigenvalue weighted by atomic mass is 10.1. The van der Waals surface area contributed by atoms with E-state index in [0.717, 1.165) is 11.1 Å². The Hall–Kier alpha value is -1.35. The molecule has 0 aliphatic carbocycles. The first-order valence-corrected chi connectivity index (χ1v) is 4.54. The van der Waals surface area contributed by atoms with E-state index in [1.165, 1.54) is 0 Å². The number of nitrogens with two attached hydrogens (primary N) is 1. The Labute approximate surface area is 83.9 Å². The van der Waals surface area contributed by atoms with Crippen molar-refractivity contribution in [3.63, 3.8) is 0 Å². The fourth-order valence-electron chi connectivity index (χ4n) is 1.20. The quantitative estimate of drug-likeness (QED) is 0.572. The van der Waals surface area contributed by atoms with E-state index in [1.807, 2.05) is 32.0 Å². The van der Waals surface area contributed by atoms with E-state index in [0.29, 0.717) is 5.75 Å². The van der Waals surface area contributed by atoms with Crippen molar-refractivity contribution in [3.05, 3.63) is 29.3 Å². The largest absolute Gasteiger partial charge is 0.425 e. The highest BCUT2D eigenvalue weighted by molar-refractivity contribution is 5.77. The van der Waals surface area contributed by atoms with Crippen LogP contribution in [0.2, 0.25) is 0 Å². The summed E-state index contributed by atoms with van der Waals surface area (Å²) in [6.07, 6.45) is 0. The zero-order valence-electron chi connectivity index (χ0n) is 8.70. The number of hydrogen-bond acceptors (Lipinski definition) is 3. The van der Waals surface area contributed by atoms with E-state index >= 15 is 0 Å². The molecule has 0 saturated heterocycles. The SMILES string of the molecule is Cc1cc(C)cc(OC(=O)[C@H](C)N)c1. The molecule has 0 aromatic heterocycles. The molecule has 3 nitrogen and oxygen atoms in total. The van der Waals surface area contributed by atoms with Crippen molar-refractivity contribution in [2.45, 2.75) is 26.8 Å². The zero-order valence-corrected chi connectivity index (χ0v) is 8.70. The van der Waals surface area contributed by atoms with E-state index in [2.05, 4.69) is 0 Å². The molecule has 14 heavy (non-hydrogen) atoms. The van der Waals surface area contributed by atoms with E-state index in [1.54, 1.807) is 6.92 Å². The molecule has 0 heterocycles. The first kappa shape index (κ1) is 10.7. The van der Waals surface area contributed by atoms with Crippen molar-refractivity contribution >= 4 is 5.97 Å². The molecule has 1 atom stereocenters. The molecule has 0 amide bonds. The molecule has 0 aliphatic rings. The summed E-state index contributed by atoms with van der Waals surface area (Å²) in [5.41, 5.74) is 7.52. The first-order chi connectivity index (χ1) is 6.49. The summed E-state index contributed by atoms with van der Waals surface area (Å²) in [7, 11) is 0. The van der Waals surface area contributed by atoms with Gasteiger partial charge in [-0.1, -0.05) is 6.07 Å². The highest BCUT2D eigenvalue weighted by Crippen LogP contribution is 2.16. The predicted octanol–water partition coefficient (Wildman–Crippen LogP) is 1.56. The minimum atomic E-state index is -0.587. The number of carbonyl (C=O) groups excluding carboxylic acids is 1. The number of rotatable bonds is 2. The second-order valence-corrected chi connectivity index (χ2v) is 3.53. The second kappa shape index (κ2) is 4.24. The van der Waals surface area contributed by atoms with Gasteiger partial charge in [-0.2, -0.15) is 0 Å². The number of ether oxygens (including phenoxy) is 1. The van der Waals surface area contributed by atoms with Crippen LogP contribution in [0.1, 0.15) is 18.1 Å². The van der Waals surface area contributed by atoms with Crippen LogP contribution in [0.3, 0.4) is 0 Å². The van der Waals surface area contributed by atoms with Crippen LogP contribution in [0.5, 0.6) is 5.75 Å². The number of aryl methyl sites for hydroxylation is 2. The first-order valence-electron chi connectivity index (χ1n) is 4.54. The summed E-state index contributed by atoms with van der Waals surface area (Å²) < 4.78 is 5.07. The molecular formula is C11H15NO2. The normalized spacial score (nSPS) is 12.3. The van der Waals surface area contributed by atoms with Gasteiger partial charge in [-0.05, 0) is 44.0 Å². The van der Waals surface area contributed by atoms with Gasteiger partial charge in [0.1, 0.15) is 11.8 Å². The van der Waals surface area contributed by atoms with Gasteiger partial charge in [-0.25, -0.2) is 4.79 Å². The molecule has 0 fully saturated rings. The maximum absolute atomic E-state index is 11.2. The summed E-state index contributed by atoms with van der Waals surface area (Å²) in [6, 6.07) is 5.06. The van der Waals surface area contributed by atoms with E-state index in [4.69, 9.17) is 10.5 Å². The molecule has 0 saturated carbocycles. The van der Waals surface area contributed by atoms with E-state index in [-0.39, 0.29) is 0 Å². The van der Waals surface area contributed by atoms with Crippen molar-refractivity contribution in [1.29, 1.82) is 0 Å². The fraction of sp³-hybridized carbons (Fsp3) is 0.364. The Morgan fingerprint density at radius 1 is 1.29 bits per heavy atom. The van der Waals surface area contributed by atoms with Crippen molar-refractivity contribution in [2.75, 3.05) is 0 Å². The summed E-state index contributed by atoms with van der Waals surface area (Å²) in [4.78, 5) is 11.2. The van der Waals surface area contributed by atoms with Gasteiger partial charge < -0.3 is 10.5 Å². The fourth-order valence-corrected chi connectivity index (χ4v) is 1.20. The molecule has 0 aliphatic heterocycles. The number of benzene rings is 1. The molecule has 0 unspecified atom stereocenters. The lowest BCUT2D eigenvalue weighted by Gasteiger charge is -2.08. The van der Waals surface area contributed by atoms with Gasteiger partial charge in [0.05, 0.1) is 0 Å². The zero-order chi connectivity index (χ0) is 10.7. The van der Waals surface area contributed by atoms with Crippen molar-refractivity contribution < 1.29 is 9.53 Å². The Bertz CT molecular complexity index is 325. The van der Waals surface area contributed by atoms with Crippen LogP contribution in [0.4, 0.5) is 0 Å². The Morgan fingerprint density at radius 3 is 2.21 bits per heavy atom. The van der Waals surface area contributed by atoms with Crippen molar-refractivity contribution in [3.8, 4) is 5.75 Å². The maximum Gasteiger partial charge on any atom is 0.328 e. The van der Waals surface area contributed by atoms with Crippen LogP contribution < -0.4 is 10.5 Å². The minimum Gasteiger partial charge on any atom is -0.425 e.